The van der Waals surface area contributed by atoms with Gasteiger partial charge in [-0.25, -0.2) is 4.39 Å². The fraction of sp³-hybridized carbons (Fsp3) is 0.538. The highest BCUT2D eigenvalue weighted by Gasteiger charge is 2.41. The van der Waals surface area contributed by atoms with Gasteiger partial charge in [-0.05, 0) is 71.6 Å². The predicted molar refractivity (Wildman–Crippen MR) is 67.0 cm³/mol. The van der Waals surface area contributed by atoms with Crippen molar-refractivity contribution >= 4 is 21.6 Å². The topological polar surface area (TPSA) is 12.0 Å². The highest BCUT2D eigenvalue weighted by atomic mass is 79.9. The Kier molecular flexibility index (Phi) is 2.66. The van der Waals surface area contributed by atoms with E-state index in [-0.39, 0.29) is 5.82 Å². The van der Waals surface area contributed by atoms with Crippen molar-refractivity contribution in [3.05, 3.63) is 28.5 Å². The fourth-order valence-electron chi connectivity index (χ4n) is 2.32. The van der Waals surface area contributed by atoms with Gasteiger partial charge >= 0.3 is 0 Å². The van der Waals surface area contributed by atoms with Gasteiger partial charge in [-0.1, -0.05) is 0 Å². The van der Waals surface area contributed by atoms with E-state index in [0.29, 0.717) is 6.04 Å². The van der Waals surface area contributed by atoms with Gasteiger partial charge in [0.2, 0.25) is 0 Å². The van der Waals surface area contributed by atoms with Gasteiger partial charge in [0, 0.05) is 16.2 Å². The molecule has 0 atom stereocenters. The Hall–Kier alpha value is -0.570. The molecule has 86 valence electrons. The van der Waals surface area contributed by atoms with Gasteiger partial charge in [-0.3, -0.25) is 0 Å². The van der Waals surface area contributed by atoms with Crippen LogP contribution in [0.1, 0.15) is 25.7 Å². The summed E-state index contributed by atoms with van der Waals surface area (Å²) in [6, 6.07) is 5.49. The van der Waals surface area contributed by atoms with E-state index in [1.807, 2.05) is 6.07 Å². The molecule has 1 nitrogen and oxygen atoms in total. The molecule has 3 rings (SSSR count). The summed E-state index contributed by atoms with van der Waals surface area (Å²) in [4.78, 5) is 0. The monoisotopic (exact) mass is 283 g/mol. The molecule has 0 radical (unpaired) electrons. The van der Waals surface area contributed by atoms with Gasteiger partial charge in [0.15, 0.2) is 0 Å². The molecule has 2 aliphatic carbocycles. The van der Waals surface area contributed by atoms with Crippen LogP contribution in [0.25, 0.3) is 0 Å². The van der Waals surface area contributed by atoms with Crippen LogP contribution in [0.4, 0.5) is 10.1 Å². The molecule has 2 aliphatic rings. The first-order chi connectivity index (χ1) is 7.74. The van der Waals surface area contributed by atoms with Gasteiger partial charge in [0.1, 0.15) is 5.82 Å². The highest BCUT2D eigenvalue weighted by Crippen LogP contribution is 2.46. The Balaban J connectivity index is 1.76. The van der Waals surface area contributed by atoms with E-state index in [9.17, 15) is 4.39 Å². The number of hydrogen-bond donors (Lipinski definition) is 1. The average molecular weight is 284 g/mol. The Morgan fingerprint density at radius 1 is 1.19 bits per heavy atom. The summed E-state index contributed by atoms with van der Waals surface area (Å²) < 4.78 is 13.8. The molecule has 0 aromatic heterocycles. The number of nitrogens with one attached hydrogen (secondary N) is 1. The van der Waals surface area contributed by atoms with Gasteiger partial charge < -0.3 is 5.32 Å². The number of hydrogen-bond acceptors (Lipinski definition) is 1. The van der Waals surface area contributed by atoms with Crippen LogP contribution in [-0.2, 0) is 0 Å². The van der Waals surface area contributed by atoms with Crippen molar-refractivity contribution < 1.29 is 4.39 Å². The van der Waals surface area contributed by atoms with E-state index in [2.05, 4.69) is 21.2 Å². The maximum Gasteiger partial charge on any atom is 0.124 e. The Bertz CT molecular complexity index is 387. The zero-order chi connectivity index (χ0) is 11.1. The third-order valence-corrected chi connectivity index (χ3v) is 4.17. The van der Waals surface area contributed by atoms with E-state index in [1.165, 1.54) is 37.8 Å². The molecule has 0 unspecified atom stereocenters. The van der Waals surface area contributed by atoms with Crippen molar-refractivity contribution in [1.29, 1.82) is 0 Å². The third-order valence-electron chi connectivity index (χ3n) is 3.51. The van der Waals surface area contributed by atoms with E-state index in [1.54, 1.807) is 0 Å². The lowest BCUT2D eigenvalue weighted by molar-refractivity contribution is 0.567. The van der Waals surface area contributed by atoms with Crippen LogP contribution in [0.15, 0.2) is 22.7 Å². The van der Waals surface area contributed by atoms with E-state index in [4.69, 9.17) is 0 Å². The van der Waals surface area contributed by atoms with Crippen LogP contribution in [-0.4, -0.2) is 6.04 Å². The fourth-order valence-corrected chi connectivity index (χ4v) is 2.78. The molecule has 2 saturated carbocycles. The molecular weight excluding hydrogens is 269 g/mol. The Morgan fingerprint density at radius 2 is 1.81 bits per heavy atom. The molecule has 0 bridgehead atoms. The molecule has 0 aliphatic heterocycles. The van der Waals surface area contributed by atoms with Crippen molar-refractivity contribution in [2.24, 2.45) is 11.8 Å². The third kappa shape index (κ3) is 2.24. The van der Waals surface area contributed by atoms with Gasteiger partial charge in [-0.2, -0.15) is 0 Å². The van der Waals surface area contributed by atoms with Crippen LogP contribution in [0, 0.1) is 17.7 Å². The van der Waals surface area contributed by atoms with Crippen molar-refractivity contribution in [2.75, 3.05) is 5.32 Å². The second kappa shape index (κ2) is 4.02. The molecule has 2 fully saturated rings. The standard InChI is InChI=1S/C13H15BrFN/c14-11-7-10(15)5-6-12(11)16-13(8-1-2-8)9-3-4-9/h5-9,13,16H,1-4H2. The molecule has 0 amide bonds. The number of rotatable bonds is 4. The van der Waals surface area contributed by atoms with Crippen molar-refractivity contribution in [1.82, 2.24) is 0 Å². The van der Waals surface area contributed by atoms with E-state index in [0.717, 1.165) is 22.0 Å². The number of anilines is 1. The summed E-state index contributed by atoms with van der Waals surface area (Å²) in [5.41, 5.74) is 1.03. The van der Waals surface area contributed by atoms with Crippen molar-refractivity contribution in [3.63, 3.8) is 0 Å². The van der Waals surface area contributed by atoms with E-state index < -0.39 is 0 Å². The van der Waals surface area contributed by atoms with Gasteiger partial charge in [-0.15, -0.1) is 0 Å². The first-order valence-corrected chi connectivity index (χ1v) is 6.75. The first kappa shape index (κ1) is 10.6. The second-order valence-electron chi connectivity index (χ2n) is 4.97. The smallest absolute Gasteiger partial charge is 0.124 e. The number of benzene rings is 1. The summed E-state index contributed by atoms with van der Waals surface area (Å²) in [6.45, 7) is 0. The molecule has 16 heavy (non-hydrogen) atoms. The normalized spacial score (nSPS) is 20.2. The van der Waals surface area contributed by atoms with Gasteiger partial charge in [0.25, 0.3) is 0 Å². The molecule has 3 heteroatoms. The maximum absolute atomic E-state index is 13.0. The van der Waals surface area contributed by atoms with Crippen LogP contribution >= 0.6 is 15.9 Å². The maximum atomic E-state index is 13.0. The minimum atomic E-state index is -0.188. The first-order valence-electron chi connectivity index (χ1n) is 5.95. The molecule has 0 heterocycles. The summed E-state index contributed by atoms with van der Waals surface area (Å²) in [7, 11) is 0. The summed E-state index contributed by atoms with van der Waals surface area (Å²) in [5, 5.41) is 3.58. The lowest BCUT2D eigenvalue weighted by Gasteiger charge is -2.20. The molecule has 1 aromatic carbocycles. The van der Waals surface area contributed by atoms with Crippen LogP contribution < -0.4 is 5.32 Å². The zero-order valence-corrected chi connectivity index (χ0v) is 10.6. The van der Waals surface area contributed by atoms with Crippen LogP contribution in [0.5, 0.6) is 0 Å². The average Bonchev–Trinajstić information content (AvgIpc) is 3.11. The summed E-state index contributed by atoms with van der Waals surface area (Å²) in [5.74, 6) is 1.51. The lowest BCUT2D eigenvalue weighted by atomic mass is 10.1. The predicted octanol–water partition coefficient (Wildman–Crippen LogP) is 4.19. The lowest BCUT2D eigenvalue weighted by Crippen LogP contribution is -2.24. The van der Waals surface area contributed by atoms with Gasteiger partial charge in [0.05, 0.1) is 0 Å². The summed E-state index contributed by atoms with van der Waals surface area (Å²) in [6.07, 6.45) is 5.42. The Labute approximate surface area is 104 Å². The molecular formula is C13H15BrFN. The van der Waals surface area contributed by atoms with Crippen LogP contribution in [0.3, 0.4) is 0 Å². The molecule has 1 aromatic rings. The Morgan fingerprint density at radius 3 is 2.31 bits per heavy atom. The molecule has 0 spiro atoms. The second-order valence-corrected chi connectivity index (χ2v) is 5.82. The van der Waals surface area contributed by atoms with Crippen molar-refractivity contribution in [2.45, 2.75) is 31.7 Å². The highest BCUT2D eigenvalue weighted by molar-refractivity contribution is 9.10. The number of halogens is 2. The minimum Gasteiger partial charge on any atom is -0.381 e. The summed E-state index contributed by atoms with van der Waals surface area (Å²) >= 11 is 3.41. The zero-order valence-electron chi connectivity index (χ0n) is 9.05. The molecule has 1 N–H and O–H groups in total. The quantitative estimate of drug-likeness (QED) is 0.874. The van der Waals surface area contributed by atoms with Crippen LogP contribution in [0.2, 0.25) is 0 Å². The SMILES string of the molecule is Fc1ccc(NC(C2CC2)C2CC2)c(Br)c1. The largest absolute Gasteiger partial charge is 0.381 e. The van der Waals surface area contributed by atoms with E-state index >= 15 is 0 Å². The molecule has 0 saturated heterocycles. The minimum absolute atomic E-state index is 0.188. The van der Waals surface area contributed by atoms with Crippen molar-refractivity contribution in [3.8, 4) is 0 Å².